The highest BCUT2D eigenvalue weighted by Crippen LogP contribution is 2.47. The molecule has 38 heavy (non-hydrogen) atoms. The Labute approximate surface area is 220 Å². The van der Waals surface area contributed by atoms with Gasteiger partial charge in [0.15, 0.2) is 0 Å². The number of hydrogen-bond acceptors (Lipinski definition) is 6. The number of hydrogen-bond donors (Lipinski definition) is 4. The van der Waals surface area contributed by atoms with Crippen LogP contribution in [0.1, 0.15) is 42.2 Å². The van der Waals surface area contributed by atoms with E-state index >= 15 is 0 Å². The Kier molecular flexibility index (Phi) is 8.21. The molecule has 10 heteroatoms. The second-order valence-electron chi connectivity index (χ2n) is 9.75. The third-order valence-corrected chi connectivity index (χ3v) is 6.65. The van der Waals surface area contributed by atoms with Gasteiger partial charge in [0.25, 0.3) is 5.91 Å². The van der Waals surface area contributed by atoms with Gasteiger partial charge in [0.1, 0.15) is 18.1 Å². The second-order valence-corrected chi connectivity index (χ2v) is 9.75. The Balaban J connectivity index is 1.66. The molecule has 1 aromatic carbocycles. The van der Waals surface area contributed by atoms with Crippen LogP contribution in [0.2, 0.25) is 0 Å². The van der Waals surface area contributed by atoms with Crippen molar-refractivity contribution in [2.24, 2.45) is 5.41 Å². The zero-order chi connectivity index (χ0) is 27.3. The second kappa shape index (κ2) is 11.6. The van der Waals surface area contributed by atoms with Crippen molar-refractivity contribution in [2.45, 2.75) is 33.1 Å². The Morgan fingerprint density at radius 3 is 2.66 bits per heavy atom. The minimum atomic E-state index is -0.550. The van der Waals surface area contributed by atoms with Crippen molar-refractivity contribution in [3.63, 3.8) is 0 Å². The molecule has 0 radical (unpaired) electrons. The fourth-order valence-electron chi connectivity index (χ4n) is 4.06. The van der Waals surface area contributed by atoms with Crippen LogP contribution in [-0.2, 0) is 0 Å². The average Bonchev–Trinajstić information content (AvgIpc) is 3.65. The number of aryl methyl sites for hydroxylation is 1. The summed E-state index contributed by atoms with van der Waals surface area (Å²) in [5.74, 6) is -0.644. The summed E-state index contributed by atoms with van der Waals surface area (Å²) in [4.78, 5) is 33.2. The molecule has 0 saturated heterocycles. The van der Waals surface area contributed by atoms with Gasteiger partial charge >= 0.3 is 6.03 Å². The number of benzene rings is 1. The van der Waals surface area contributed by atoms with Gasteiger partial charge in [-0.3, -0.25) is 9.78 Å². The van der Waals surface area contributed by atoms with E-state index in [2.05, 4.69) is 32.8 Å². The lowest BCUT2D eigenvalue weighted by molar-refractivity contribution is 0.0958. The van der Waals surface area contributed by atoms with Crippen LogP contribution in [0.15, 0.2) is 42.6 Å². The molecule has 3 amide bonds. The molecule has 3 aromatic rings. The molecule has 1 fully saturated rings. The molecular weight excluding hydrogens is 489 g/mol. The molecule has 0 atom stereocenters. The molecule has 0 unspecified atom stereocenters. The average molecular weight is 522 g/mol. The number of anilines is 1. The van der Waals surface area contributed by atoms with Gasteiger partial charge < -0.3 is 25.8 Å². The predicted molar refractivity (Wildman–Crippen MR) is 143 cm³/mol. The molecule has 0 spiro atoms. The first-order valence-corrected chi connectivity index (χ1v) is 12.5. The number of halogens is 1. The van der Waals surface area contributed by atoms with Crippen molar-refractivity contribution in [3.05, 3.63) is 59.7 Å². The maximum Gasteiger partial charge on any atom is 0.319 e. The number of urea groups is 1. The number of aromatic nitrogens is 2. The Hall–Kier alpha value is -4.05. The van der Waals surface area contributed by atoms with Gasteiger partial charge in [-0.1, -0.05) is 6.92 Å². The largest absolute Gasteiger partial charge is 0.475 e. The van der Waals surface area contributed by atoms with Crippen molar-refractivity contribution < 1.29 is 23.8 Å². The van der Waals surface area contributed by atoms with Gasteiger partial charge in [-0.2, -0.15) is 0 Å². The number of nitrogens with one attached hydrogen (secondary N) is 3. The molecule has 4 rings (SSSR count). The molecule has 0 aliphatic heterocycles. The summed E-state index contributed by atoms with van der Waals surface area (Å²) >= 11 is 0. The third-order valence-electron chi connectivity index (χ3n) is 6.65. The minimum Gasteiger partial charge on any atom is -0.475 e. The summed E-state index contributed by atoms with van der Waals surface area (Å²) in [6.07, 6.45) is 4.72. The lowest BCUT2D eigenvalue weighted by atomic mass is 9.98. The minimum absolute atomic E-state index is 0.0319. The number of aliphatic hydroxyl groups excluding tert-OH is 1. The van der Waals surface area contributed by atoms with Crippen LogP contribution in [0.5, 0.6) is 5.88 Å². The molecule has 9 nitrogen and oxygen atoms in total. The predicted octanol–water partition coefficient (Wildman–Crippen LogP) is 4.30. The SMILES string of the molecule is CNC(=O)c1cc(-c2cc(-c3cc(NC(=O)NCCC4(C)CC4)c(F)cc3C)cc(OCCO)n2)ccn1. The summed E-state index contributed by atoms with van der Waals surface area (Å²) in [7, 11) is 1.52. The highest BCUT2D eigenvalue weighted by Gasteiger charge is 2.36. The maximum atomic E-state index is 14.8. The van der Waals surface area contributed by atoms with Crippen molar-refractivity contribution in [2.75, 3.05) is 32.1 Å². The number of pyridine rings is 2. The van der Waals surface area contributed by atoms with Crippen LogP contribution in [-0.4, -0.2) is 53.8 Å². The summed E-state index contributed by atoms with van der Waals surface area (Å²) in [6.45, 7) is 4.31. The summed E-state index contributed by atoms with van der Waals surface area (Å²) in [5.41, 5.74) is 3.64. The smallest absolute Gasteiger partial charge is 0.319 e. The van der Waals surface area contributed by atoms with E-state index in [1.807, 2.05) is 0 Å². The van der Waals surface area contributed by atoms with Gasteiger partial charge in [-0.15, -0.1) is 0 Å². The fourth-order valence-corrected chi connectivity index (χ4v) is 4.06. The molecule has 4 N–H and O–H groups in total. The van der Waals surface area contributed by atoms with Crippen molar-refractivity contribution >= 4 is 17.6 Å². The number of ether oxygens (including phenoxy) is 1. The van der Waals surface area contributed by atoms with Gasteiger partial charge in [-0.05, 0) is 78.6 Å². The van der Waals surface area contributed by atoms with Crippen LogP contribution in [0.3, 0.4) is 0 Å². The van der Waals surface area contributed by atoms with Gasteiger partial charge in [0.05, 0.1) is 18.0 Å². The number of carbonyl (C=O) groups is 2. The van der Waals surface area contributed by atoms with E-state index in [4.69, 9.17) is 4.74 Å². The van der Waals surface area contributed by atoms with E-state index in [0.717, 1.165) is 19.3 Å². The monoisotopic (exact) mass is 521 g/mol. The summed E-state index contributed by atoms with van der Waals surface area (Å²) in [5, 5.41) is 17.2. The normalized spacial score (nSPS) is 13.5. The van der Waals surface area contributed by atoms with E-state index in [0.29, 0.717) is 39.9 Å². The third kappa shape index (κ3) is 6.63. The number of nitrogens with zero attached hydrogens (tertiary/aromatic N) is 2. The lowest BCUT2D eigenvalue weighted by Gasteiger charge is -2.15. The molecule has 1 saturated carbocycles. The molecule has 2 heterocycles. The summed E-state index contributed by atoms with van der Waals surface area (Å²) in [6, 6.07) is 9.26. The van der Waals surface area contributed by atoms with Crippen molar-refractivity contribution in [1.29, 1.82) is 0 Å². The quantitative estimate of drug-likeness (QED) is 0.315. The van der Waals surface area contributed by atoms with Crippen LogP contribution in [0, 0.1) is 18.2 Å². The topological polar surface area (TPSA) is 125 Å². The van der Waals surface area contributed by atoms with Crippen LogP contribution in [0.4, 0.5) is 14.9 Å². The van der Waals surface area contributed by atoms with Gasteiger partial charge in [-0.25, -0.2) is 14.2 Å². The number of rotatable bonds is 10. The molecule has 1 aliphatic rings. The fraction of sp³-hybridized carbons (Fsp3) is 0.357. The molecule has 200 valence electrons. The standard InChI is InChI=1S/C28H32FN5O4/c1-17-12-21(29)23(34-27(37)32-9-7-28(2)5-6-28)16-20(17)19-14-22(33-25(15-19)38-11-10-35)18-4-8-31-24(13-18)26(36)30-3/h4,8,12-16,35H,5-7,9-11H2,1-3H3,(H,30,36)(H2,32,34,37). The highest BCUT2D eigenvalue weighted by molar-refractivity contribution is 5.93. The van der Waals surface area contributed by atoms with Crippen LogP contribution in [0.25, 0.3) is 22.4 Å². The first kappa shape index (κ1) is 27.0. The number of amides is 3. The van der Waals surface area contributed by atoms with E-state index in [1.165, 1.54) is 19.3 Å². The lowest BCUT2D eigenvalue weighted by Crippen LogP contribution is -2.30. The Morgan fingerprint density at radius 2 is 1.95 bits per heavy atom. The van der Waals surface area contributed by atoms with E-state index < -0.39 is 11.8 Å². The first-order valence-electron chi connectivity index (χ1n) is 12.5. The molecule has 1 aliphatic carbocycles. The number of aliphatic hydroxyl groups is 1. The molecule has 0 bridgehead atoms. The van der Waals surface area contributed by atoms with Gasteiger partial charge in [0, 0.05) is 31.4 Å². The van der Waals surface area contributed by atoms with Crippen molar-refractivity contribution in [1.82, 2.24) is 20.6 Å². The zero-order valence-corrected chi connectivity index (χ0v) is 21.7. The first-order chi connectivity index (χ1) is 18.2. The van der Waals surface area contributed by atoms with Crippen molar-refractivity contribution in [3.8, 4) is 28.3 Å². The summed E-state index contributed by atoms with van der Waals surface area (Å²) < 4.78 is 20.4. The molecular formula is C28H32FN5O4. The maximum absolute atomic E-state index is 14.8. The number of carbonyl (C=O) groups excluding carboxylic acids is 2. The van der Waals surface area contributed by atoms with E-state index in [-0.39, 0.29) is 36.4 Å². The van der Waals surface area contributed by atoms with Crippen LogP contribution < -0.4 is 20.7 Å². The van der Waals surface area contributed by atoms with Gasteiger partial charge in [0.2, 0.25) is 5.88 Å². The van der Waals surface area contributed by atoms with Crippen LogP contribution >= 0.6 is 0 Å². The zero-order valence-electron chi connectivity index (χ0n) is 21.7. The Bertz CT molecular complexity index is 1340. The van der Waals surface area contributed by atoms with E-state index in [1.54, 1.807) is 37.3 Å². The Morgan fingerprint density at radius 1 is 1.16 bits per heavy atom. The van der Waals surface area contributed by atoms with E-state index in [9.17, 15) is 19.1 Å². The highest BCUT2D eigenvalue weighted by atomic mass is 19.1. The molecule has 2 aromatic heterocycles.